The normalized spacial score (nSPS) is 17.0. The largest absolute Gasteiger partial charge is 0.486 e. The summed E-state index contributed by atoms with van der Waals surface area (Å²) in [5.74, 6) is 0.805. The summed E-state index contributed by atoms with van der Waals surface area (Å²) < 4.78 is 5.37. The molecular weight excluding hydrogens is 152 g/mol. The molecule has 60 valence electrons. The maximum Gasteiger partial charge on any atom is 0.145 e. The Morgan fingerprint density at radius 1 is 1.42 bits per heavy atom. The molecule has 1 aliphatic heterocycles. The summed E-state index contributed by atoms with van der Waals surface area (Å²) in [6, 6.07) is 3.75. The van der Waals surface area contributed by atoms with E-state index in [1.165, 1.54) is 0 Å². The predicted octanol–water partition coefficient (Wildman–Crippen LogP) is 1.52. The van der Waals surface area contributed by atoms with Gasteiger partial charge in [0.25, 0.3) is 0 Å². The van der Waals surface area contributed by atoms with Gasteiger partial charge in [-0.15, -0.1) is 0 Å². The van der Waals surface area contributed by atoms with Crippen LogP contribution in [0.2, 0.25) is 0 Å². The number of pyridine rings is 1. The van der Waals surface area contributed by atoms with Crippen molar-refractivity contribution in [3.05, 3.63) is 30.2 Å². The van der Waals surface area contributed by atoms with E-state index in [1.54, 1.807) is 18.6 Å². The number of hydrogen-bond acceptors (Lipinski definition) is 3. The van der Waals surface area contributed by atoms with Gasteiger partial charge in [0.1, 0.15) is 18.1 Å². The number of rotatable bonds is 0. The van der Waals surface area contributed by atoms with Crippen LogP contribution in [0.15, 0.2) is 29.5 Å². The number of hydrogen-bond donors (Lipinski definition) is 0. The van der Waals surface area contributed by atoms with Gasteiger partial charge in [0.05, 0.1) is 0 Å². The topological polar surface area (TPSA) is 34.5 Å². The average Bonchev–Trinajstić information content (AvgIpc) is 2.06. The van der Waals surface area contributed by atoms with Gasteiger partial charge in [0.15, 0.2) is 0 Å². The van der Waals surface area contributed by atoms with Crippen molar-refractivity contribution >= 4 is 12.3 Å². The Morgan fingerprint density at radius 3 is 3.42 bits per heavy atom. The standard InChI is InChI=1S/C9H8N2O/c1-2-9-8(11-4-1)3-5-10-6-7-12-9/h1-6H,7H2/b5-3-,10-6?. The highest BCUT2D eigenvalue weighted by molar-refractivity contribution is 5.64. The molecule has 1 aromatic rings. The highest BCUT2D eigenvalue weighted by atomic mass is 16.5. The first-order valence-electron chi connectivity index (χ1n) is 3.73. The number of aromatic nitrogens is 1. The molecule has 2 heterocycles. The minimum atomic E-state index is 0.503. The Kier molecular flexibility index (Phi) is 1.86. The fraction of sp³-hybridized carbons (Fsp3) is 0.111. The van der Waals surface area contributed by atoms with E-state index in [0.717, 1.165) is 11.4 Å². The Balaban J connectivity index is 2.43. The Labute approximate surface area is 70.4 Å². The zero-order valence-electron chi connectivity index (χ0n) is 6.47. The van der Waals surface area contributed by atoms with Crippen LogP contribution in [-0.4, -0.2) is 17.8 Å². The van der Waals surface area contributed by atoms with Gasteiger partial charge in [0.2, 0.25) is 0 Å². The van der Waals surface area contributed by atoms with Crippen LogP contribution in [0.1, 0.15) is 5.69 Å². The SMILES string of the molecule is C1=N/C=C\c2ncccc2OC1. The molecule has 2 rings (SSSR count). The van der Waals surface area contributed by atoms with E-state index in [-0.39, 0.29) is 0 Å². The zero-order valence-corrected chi connectivity index (χ0v) is 6.47. The van der Waals surface area contributed by atoms with Gasteiger partial charge < -0.3 is 4.74 Å². The van der Waals surface area contributed by atoms with Gasteiger partial charge in [-0.25, -0.2) is 0 Å². The van der Waals surface area contributed by atoms with Crippen LogP contribution >= 0.6 is 0 Å². The zero-order chi connectivity index (χ0) is 8.23. The third-order valence-electron chi connectivity index (χ3n) is 1.54. The van der Waals surface area contributed by atoms with Crippen molar-refractivity contribution in [3.63, 3.8) is 0 Å². The van der Waals surface area contributed by atoms with Gasteiger partial charge in [0, 0.05) is 18.6 Å². The first-order chi connectivity index (χ1) is 5.97. The second-order valence-electron chi connectivity index (χ2n) is 2.35. The molecule has 12 heavy (non-hydrogen) atoms. The van der Waals surface area contributed by atoms with Crippen LogP contribution in [0.5, 0.6) is 5.75 Å². The highest BCUT2D eigenvalue weighted by Crippen LogP contribution is 2.17. The monoisotopic (exact) mass is 160 g/mol. The van der Waals surface area contributed by atoms with Gasteiger partial charge in [-0.1, -0.05) is 0 Å². The van der Waals surface area contributed by atoms with Crippen LogP contribution in [0.4, 0.5) is 0 Å². The Hall–Kier alpha value is -1.64. The maximum absolute atomic E-state index is 5.37. The van der Waals surface area contributed by atoms with E-state index in [1.807, 2.05) is 18.2 Å². The van der Waals surface area contributed by atoms with Crippen molar-refractivity contribution in [1.82, 2.24) is 4.98 Å². The minimum absolute atomic E-state index is 0.503. The lowest BCUT2D eigenvalue weighted by molar-refractivity contribution is 0.377. The lowest BCUT2D eigenvalue weighted by Gasteiger charge is -2.06. The molecule has 0 fully saturated rings. The molecule has 3 heteroatoms. The summed E-state index contributed by atoms with van der Waals surface area (Å²) in [5.41, 5.74) is 0.828. The third-order valence-corrected chi connectivity index (χ3v) is 1.54. The number of ether oxygens (including phenoxy) is 1. The third kappa shape index (κ3) is 1.34. The van der Waals surface area contributed by atoms with Gasteiger partial charge in [-0.05, 0) is 18.2 Å². The maximum atomic E-state index is 5.37. The Bertz CT molecular complexity index is 331. The molecule has 1 aliphatic rings. The molecule has 3 nitrogen and oxygen atoms in total. The number of fused-ring (bicyclic) bond motifs is 1. The van der Waals surface area contributed by atoms with Gasteiger partial charge >= 0.3 is 0 Å². The van der Waals surface area contributed by atoms with Gasteiger partial charge in [-0.3, -0.25) is 9.98 Å². The molecule has 0 radical (unpaired) electrons. The minimum Gasteiger partial charge on any atom is -0.486 e. The number of aliphatic imine (C=N–C) groups is 1. The lowest BCUT2D eigenvalue weighted by Crippen LogP contribution is -2.01. The van der Waals surface area contributed by atoms with E-state index in [0.29, 0.717) is 6.61 Å². The van der Waals surface area contributed by atoms with E-state index in [4.69, 9.17) is 4.74 Å². The van der Waals surface area contributed by atoms with Crippen molar-refractivity contribution < 1.29 is 4.74 Å². The molecule has 0 spiro atoms. The summed E-state index contributed by atoms with van der Waals surface area (Å²) in [5, 5.41) is 0. The fourth-order valence-electron chi connectivity index (χ4n) is 0.995. The molecule has 0 bridgehead atoms. The first kappa shape index (κ1) is 7.03. The van der Waals surface area contributed by atoms with Crippen LogP contribution in [-0.2, 0) is 0 Å². The quantitative estimate of drug-likeness (QED) is 0.576. The van der Waals surface area contributed by atoms with Crippen molar-refractivity contribution in [2.45, 2.75) is 0 Å². The summed E-state index contributed by atoms with van der Waals surface area (Å²) in [6.07, 6.45) is 6.99. The van der Waals surface area contributed by atoms with E-state index < -0.39 is 0 Å². The molecule has 0 unspecified atom stereocenters. The Morgan fingerprint density at radius 2 is 2.42 bits per heavy atom. The molecule has 0 aliphatic carbocycles. The van der Waals surface area contributed by atoms with Crippen molar-refractivity contribution in [3.8, 4) is 5.75 Å². The van der Waals surface area contributed by atoms with Crippen molar-refractivity contribution in [1.29, 1.82) is 0 Å². The van der Waals surface area contributed by atoms with Crippen LogP contribution in [0, 0.1) is 0 Å². The van der Waals surface area contributed by atoms with E-state index >= 15 is 0 Å². The average molecular weight is 160 g/mol. The van der Waals surface area contributed by atoms with E-state index in [9.17, 15) is 0 Å². The van der Waals surface area contributed by atoms with Crippen molar-refractivity contribution in [2.24, 2.45) is 4.99 Å². The summed E-state index contributed by atoms with van der Waals surface area (Å²) in [6.45, 7) is 0.503. The highest BCUT2D eigenvalue weighted by Gasteiger charge is 2.00. The molecule has 0 N–H and O–H groups in total. The molecule has 0 saturated carbocycles. The molecular formula is C9H8N2O. The lowest BCUT2D eigenvalue weighted by atomic mass is 10.3. The summed E-state index contributed by atoms with van der Waals surface area (Å²) in [4.78, 5) is 8.09. The van der Waals surface area contributed by atoms with E-state index in [2.05, 4.69) is 9.98 Å². The van der Waals surface area contributed by atoms with Crippen LogP contribution < -0.4 is 4.74 Å². The van der Waals surface area contributed by atoms with Crippen LogP contribution in [0.25, 0.3) is 6.08 Å². The summed E-state index contributed by atoms with van der Waals surface area (Å²) >= 11 is 0. The van der Waals surface area contributed by atoms with Crippen LogP contribution in [0.3, 0.4) is 0 Å². The smallest absolute Gasteiger partial charge is 0.145 e. The molecule has 0 aromatic carbocycles. The molecule has 0 saturated heterocycles. The second-order valence-corrected chi connectivity index (χ2v) is 2.35. The second kappa shape index (κ2) is 3.17. The number of nitrogens with zero attached hydrogens (tertiary/aromatic N) is 2. The summed E-state index contributed by atoms with van der Waals surface area (Å²) in [7, 11) is 0. The fourth-order valence-corrected chi connectivity index (χ4v) is 0.995. The van der Waals surface area contributed by atoms with Crippen molar-refractivity contribution in [2.75, 3.05) is 6.61 Å². The van der Waals surface area contributed by atoms with Gasteiger partial charge in [-0.2, -0.15) is 0 Å². The molecule has 1 aromatic heterocycles. The first-order valence-corrected chi connectivity index (χ1v) is 3.73. The molecule has 0 atom stereocenters. The molecule has 0 amide bonds. The predicted molar refractivity (Wildman–Crippen MR) is 47.3 cm³/mol.